The Morgan fingerprint density at radius 3 is 3.17 bits per heavy atom. The molecule has 0 amide bonds. The van der Waals surface area contributed by atoms with E-state index in [-0.39, 0.29) is 5.56 Å². The van der Waals surface area contributed by atoms with Crippen LogP contribution in [0.3, 0.4) is 0 Å². The summed E-state index contributed by atoms with van der Waals surface area (Å²) in [6.07, 6.45) is 4.04. The van der Waals surface area contributed by atoms with Crippen LogP contribution in [0.1, 0.15) is 30.9 Å². The number of fused-ring (bicyclic) bond motifs is 6. The molecule has 3 aliphatic heterocycles. The Morgan fingerprint density at radius 2 is 2.28 bits per heavy atom. The lowest BCUT2D eigenvalue weighted by molar-refractivity contribution is -0.932. The Kier molecular flexibility index (Phi) is 2.08. The Hall–Kier alpha value is -1.09. The maximum atomic E-state index is 12.0. The number of aromatic nitrogens is 1. The largest absolute Gasteiger partial charge is 0.323 e. The van der Waals surface area contributed by atoms with E-state index in [0.717, 1.165) is 18.5 Å². The van der Waals surface area contributed by atoms with Gasteiger partial charge in [0.05, 0.1) is 26.2 Å². The van der Waals surface area contributed by atoms with Crippen LogP contribution >= 0.6 is 0 Å². The number of nitrogens with zero attached hydrogens (tertiary/aromatic N) is 2. The van der Waals surface area contributed by atoms with Crippen molar-refractivity contribution in [2.24, 2.45) is 5.92 Å². The summed E-state index contributed by atoms with van der Waals surface area (Å²) in [5.41, 5.74) is 1.50. The molecule has 0 N–H and O–H groups in total. The molecule has 3 nitrogen and oxygen atoms in total. The van der Waals surface area contributed by atoms with Crippen molar-refractivity contribution in [3.8, 4) is 0 Å². The van der Waals surface area contributed by atoms with Gasteiger partial charge in [-0.3, -0.25) is 4.79 Å². The van der Waals surface area contributed by atoms with Crippen LogP contribution in [0.2, 0.25) is 0 Å². The summed E-state index contributed by atoms with van der Waals surface area (Å²) in [6, 6.07) is 6.63. The van der Waals surface area contributed by atoms with E-state index in [1.807, 2.05) is 6.07 Å². The van der Waals surface area contributed by atoms with Crippen LogP contribution in [0, 0.1) is 5.92 Å². The molecular weight excluding hydrogens is 224 g/mol. The molecule has 2 bridgehead atoms. The lowest BCUT2D eigenvalue weighted by atomic mass is 9.77. The minimum atomic E-state index is 0.205. The van der Waals surface area contributed by atoms with Crippen molar-refractivity contribution in [1.82, 2.24) is 4.57 Å². The predicted molar refractivity (Wildman–Crippen MR) is 70.5 cm³/mol. The molecule has 0 spiro atoms. The van der Waals surface area contributed by atoms with Crippen molar-refractivity contribution in [3.05, 3.63) is 34.2 Å². The van der Waals surface area contributed by atoms with Crippen molar-refractivity contribution < 1.29 is 4.48 Å². The van der Waals surface area contributed by atoms with E-state index in [4.69, 9.17) is 0 Å². The van der Waals surface area contributed by atoms with Crippen molar-refractivity contribution in [2.75, 3.05) is 20.1 Å². The third kappa shape index (κ3) is 1.31. The van der Waals surface area contributed by atoms with Crippen molar-refractivity contribution >= 4 is 0 Å². The summed E-state index contributed by atoms with van der Waals surface area (Å²) >= 11 is 0. The lowest BCUT2D eigenvalue weighted by Gasteiger charge is -2.50. The first-order chi connectivity index (χ1) is 8.67. The number of pyridine rings is 1. The highest BCUT2D eigenvalue weighted by Crippen LogP contribution is 2.45. The summed E-state index contributed by atoms with van der Waals surface area (Å²) in [6.45, 7) is 3.55. The van der Waals surface area contributed by atoms with Gasteiger partial charge in [-0.25, -0.2) is 0 Å². The number of quaternary nitrogens is 1. The van der Waals surface area contributed by atoms with Crippen LogP contribution < -0.4 is 5.56 Å². The number of piperidine rings is 1. The van der Waals surface area contributed by atoms with Crippen LogP contribution in [-0.2, 0) is 6.54 Å². The third-order valence-corrected chi connectivity index (χ3v) is 5.66. The van der Waals surface area contributed by atoms with Gasteiger partial charge in [0, 0.05) is 43.0 Å². The molecule has 1 aromatic rings. The fourth-order valence-electron chi connectivity index (χ4n) is 4.94. The van der Waals surface area contributed by atoms with E-state index in [2.05, 4.69) is 17.7 Å². The molecule has 1 aromatic heterocycles. The molecule has 4 rings (SSSR count). The van der Waals surface area contributed by atoms with Gasteiger partial charge in [0.25, 0.3) is 5.56 Å². The van der Waals surface area contributed by atoms with E-state index in [1.54, 1.807) is 6.07 Å². The zero-order valence-electron chi connectivity index (χ0n) is 11.0. The van der Waals surface area contributed by atoms with Crippen molar-refractivity contribution in [1.29, 1.82) is 0 Å². The Labute approximate surface area is 108 Å². The van der Waals surface area contributed by atoms with Gasteiger partial charge in [0.15, 0.2) is 0 Å². The molecule has 0 aromatic carbocycles. The second kappa shape index (κ2) is 3.47. The molecule has 96 valence electrons. The SMILES string of the molecule is C[N+]12CCC[C@@H]1[C@@H]1C[C@H](C2)c2cccc(=O)n2C1. The quantitative estimate of drug-likeness (QED) is 0.636. The highest BCUT2D eigenvalue weighted by Gasteiger charge is 2.51. The maximum absolute atomic E-state index is 12.0. The summed E-state index contributed by atoms with van der Waals surface area (Å²) in [4.78, 5) is 12.0. The molecular formula is C15H21N2O+. The molecule has 0 radical (unpaired) electrons. The van der Waals surface area contributed by atoms with Gasteiger partial charge in [-0.1, -0.05) is 6.07 Å². The summed E-state index contributed by atoms with van der Waals surface area (Å²) in [7, 11) is 2.44. The van der Waals surface area contributed by atoms with E-state index < -0.39 is 0 Å². The van der Waals surface area contributed by atoms with E-state index in [1.165, 1.54) is 42.5 Å². The van der Waals surface area contributed by atoms with Crippen LogP contribution in [0.15, 0.2) is 23.0 Å². The Morgan fingerprint density at radius 1 is 1.39 bits per heavy atom. The van der Waals surface area contributed by atoms with E-state index in [0.29, 0.717) is 5.92 Å². The highest BCUT2D eigenvalue weighted by atomic mass is 16.1. The zero-order valence-corrected chi connectivity index (χ0v) is 11.0. The Bertz CT molecular complexity index is 550. The van der Waals surface area contributed by atoms with Crippen molar-refractivity contribution in [2.45, 2.75) is 37.8 Å². The number of hydrogen-bond donors (Lipinski definition) is 0. The first-order valence-corrected chi connectivity index (χ1v) is 7.21. The molecule has 3 heteroatoms. The third-order valence-electron chi connectivity index (χ3n) is 5.66. The average Bonchev–Trinajstić information content (AvgIpc) is 2.73. The number of rotatable bonds is 0. The first kappa shape index (κ1) is 10.8. The summed E-state index contributed by atoms with van der Waals surface area (Å²) in [5.74, 6) is 1.33. The van der Waals surface area contributed by atoms with Crippen molar-refractivity contribution in [3.63, 3.8) is 0 Å². The minimum absolute atomic E-state index is 0.205. The molecule has 1 unspecified atom stereocenters. The van der Waals surface area contributed by atoms with E-state index >= 15 is 0 Å². The number of likely N-dealkylation sites (N-methyl/N-ethyl adjacent to an activating group) is 1. The zero-order chi connectivity index (χ0) is 12.3. The van der Waals surface area contributed by atoms with E-state index in [9.17, 15) is 4.79 Å². The minimum Gasteiger partial charge on any atom is -0.323 e. The second-order valence-corrected chi connectivity index (χ2v) is 6.69. The topological polar surface area (TPSA) is 22.0 Å². The van der Waals surface area contributed by atoms with Gasteiger partial charge in [-0.2, -0.15) is 0 Å². The fraction of sp³-hybridized carbons (Fsp3) is 0.667. The van der Waals surface area contributed by atoms with Crippen LogP contribution in [0.4, 0.5) is 0 Å². The molecule has 18 heavy (non-hydrogen) atoms. The summed E-state index contributed by atoms with van der Waals surface area (Å²) in [5, 5.41) is 0. The van der Waals surface area contributed by atoms with Gasteiger partial charge >= 0.3 is 0 Å². The normalized spacial score (nSPS) is 41.3. The predicted octanol–water partition coefficient (Wildman–Crippen LogP) is 1.57. The first-order valence-electron chi connectivity index (χ1n) is 7.21. The van der Waals surface area contributed by atoms with Gasteiger partial charge in [0.2, 0.25) is 0 Å². The van der Waals surface area contributed by atoms with Gasteiger partial charge in [-0.15, -0.1) is 0 Å². The molecule has 4 atom stereocenters. The van der Waals surface area contributed by atoms with Crippen LogP contribution in [0.5, 0.6) is 0 Å². The molecule has 0 saturated carbocycles. The summed E-state index contributed by atoms with van der Waals surface area (Å²) < 4.78 is 3.32. The Balaban J connectivity index is 1.83. The average molecular weight is 245 g/mol. The maximum Gasteiger partial charge on any atom is 0.250 e. The molecule has 3 aliphatic rings. The molecule has 2 fully saturated rings. The van der Waals surface area contributed by atoms with Gasteiger partial charge in [-0.05, 0) is 12.5 Å². The molecule has 0 aliphatic carbocycles. The molecule has 2 saturated heterocycles. The van der Waals surface area contributed by atoms with Crippen LogP contribution in [-0.4, -0.2) is 35.2 Å². The van der Waals surface area contributed by atoms with Gasteiger partial charge in [0.1, 0.15) is 0 Å². The monoisotopic (exact) mass is 245 g/mol. The second-order valence-electron chi connectivity index (χ2n) is 6.69. The number of hydrogen-bond acceptors (Lipinski definition) is 1. The van der Waals surface area contributed by atoms with Gasteiger partial charge < -0.3 is 9.05 Å². The van der Waals surface area contributed by atoms with Crippen LogP contribution in [0.25, 0.3) is 0 Å². The fourth-order valence-corrected chi connectivity index (χ4v) is 4.94. The standard InChI is InChI=1S/C15H21N2O/c1-17-7-3-5-14(17)11-8-12(10-17)13-4-2-6-15(18)16(13)9-11/h2,4,6,11-12,14H,3,5,7-10H2,1H3/q+1/t11-,12-,14-,17?/m1/s1. The molecule has 4 heterocycles. The highest BCUT2D eigenvalue weighted by molar-refractivity contribution is 5.16. The smallest absolute Gasteiger partial charge is 0.250 e. The lowest BCUT2D eigenvalue weighted by Crippen LogP contribution is -2.60.